The SMILES string of the molecule is CNCC(C)CN1C(=O)C(=O)c2cc(Br)cc(C)c21. The third-order valence-corrected chi connectivity index (χ3v) is 3.72. The Kier molecular flexibility index (Phi) is 4.06. The molecule has 102 valence electrons. The molecular formula is C14H17BrN2O2. The van der Waals surface area contributed by atoms with Gasteiger partial charge in [0.15, 0.2) is 0 Å². The van der Waals surface area contributed by atoms with Crippen LogP contribution in [0.5, 0.6) is 0 Å². The number of Topliss-reactive ketones (excluding diaryl/α,β-unsaturated/α-hetero) is 1. The van der Waals surface area contributed by atoms with Gasteiger partial charge < -0.3 is 10.2 Å². The van der Waals surface area contributed by atoms with Crippen LogP contribution in [0.3, 0.4) is 0 Å². The number of ketones is 1. The molecule has 0 saturated heterocycles. The van der Waals surface area contributed by atoms with Gasteiger partial charge in [-0.05, 0) is 44.1 Å². The number of halogens is 1. The maximum Gasteiger partial charge on any atom is 0.299 e. The number of hydrogen-bond acceptors (Lipinski definition) is 3. The van der Waals surface area contributed by atoms with Gasteiger partial charge in [0.2, 0.25) is 0 Å². The van der Waals surface area contributed by atoms with Crippen molar-refractivity contribution in [3.8, 4) is 0 Å². The van der Waals surface area contributed by atoms with E-state index in [0.717, 1.165) is 22.3 Å². The summed E-state index contributed by atoms with van der Waals surface area (Å²) in [5.41, 5.74) is 2.22. The molecule has 19 heavy (non-hydrogen) atoms. The quantitative estimate of drug-likeness (QED) is 0.863. The molecule has 0 saturated carbocycles. The van der Waals surface area contributed by atoms with E-state index in [1.165, 1.54) is 0 Å². The summed E-state index contributed by atoms with van der Waals surface area (Å²) in [5, 5.41) is 3.08. The highest BCUT2D eigenvalue weighted by molar-refractivity contribution is 9.10. The van der Waals surface area contributed by atoms with Crippen LogP contribution in [0.4, 0.5) is 5.69 Å². The third kappa shape index (κ3) is 2.58. The predicted octanol–water partition coefficient (Wildman–Crippen LogP) is 2.14. The Bertz CT molecular complexity index is 542. The molecule has 0 aliphatic carbocycles. The van der Waals surface area contributed by atoms with Crippen LogP contribution in [0, 0.1) is 12.8 Å². The maximum absolute atomic E-state index is 12.1. The average molecular weight is 325 g/mol. The summed E-state index contributed by atoms with van der Waals surface area (Å²) >= 11 is 3.37. The van der Waals surface area contributed by atoms with Crippen molar-refractivity contribution in [2.45, 2.75) is 13.8 Å². The van der Waals surface area contributed by atoms with E-state index in [0.29, 0.717) is 12.1 Å². The molecule has 0 spiro atoms. The fourth-order valence-corrected chi connectivity index (χ4v) is 3.08. The molecule has 0 radical (unpaired) electrons. The van der Waals surface area contributed by atoms with Gasteiger partial charge in [0.25, 0.3) is 11.7 Å². The number of hydrogen-bond donors (Lipinski definition) is 1. The largest absolute Gasteiger partial charge is 0.319 e. The number of nitrogens with zero attached hydrogens (tertiary/aromatic N) is 1. The summed E-state index contributed by atoms with van der Waals surface area (Å²) in [4.78, 5) is 25.7. The van der Waals surface area contributed by atoms with Gasteiger partial charge in [-0.25, -0.2) is 0 Å². The zero-order chi connectivity index (χ0) is 14.2. The van der Waals surface area contributed by atoms with E-state index in [1.54, 1.807) is 11.0 Å². The lowest BCUT2D eigenvalue weighted by atomic mass is 10.1. The van der Waals surface area contributed by atoms with Crippen LogP contribution < -0.4 is 10.2 Å². The second-order valence-electron chi connectivity index (χ2n) is 5.03. The Morgan fingerprint density at radius 2 is 2.05 bits per heavy atom. The Morgan fingerprint density at radius 3 is 2.68 bits per heavy atom. The number of amides is 1. The Hall–Kier alpha value is -1.20. The monoisotopic (exact) mass is 324 g/mol. The topological polar surface area (TPSA) is 49.4 Å². The number of rotatable bonds is 4. The van der Waals surface area contributed by atoms with E-state index < -0.39 is 11.7 Å². The first-order chi connectivity index (χ1) is 8.95. The van der Waals surface area contributed by atoms with E-state index in [1.807, 2.05) is 20.0 Å². The highest BCUT2D eigenvalue weighted by Crippen LogP contribution is 2.35. The lowest BCUT2D eigenvalue weighted by Crippen LogP contribution is -2.36. The van der Waals surface area contributed by atoms with Gasteiger partial charge in [0.05, 0.1) is 11.3 Å². The van der Waals surface area contributed by atoms with Gasteiger partial charge in [-0.2, -0.15) is 0 Å². The van der Waals surface area contributed by atoms with Crippen molar-refractivity contribution in [3.05, 3.63) is 27.7 Å². The number of carbonyl (C=O) groups excluding carboxylic acids is 2. The number of aryl methyl sites for hydroxylation is 1. The maximum atomic E-state index is 12.1. The molecule has 1 aliphatic rings. The summed E-state index contributed by atoms with van der Waals surface area (Å²) in [7, 11) is 1.88. The van der Waals surface area contributed by atoms with Crippen LogP contribution in [-0.2, 0) is 4.79 Å². The first-order valence-corrected chi connectivity index (χ1v) is 7.06. The molecule has 4 nitrogen and oxygen atoms in total. The zero-order valence-electron chi connectivity index (χ0n) is 11.3. The molecule has 0 bridgehead atoms. The lowest BCUT2D eigenvalue weighted by Gasteiger charge is -2.22. The van der Waals surface area contributed by atoms with Crippen LogP contribution in [0.1, 0.15) is 22.8 Å². The van der Waals surface area contributed by atoms with Crippen molar-refractivity contribution in [2.24, 2.45) is 5.92 Å². The number of nitrogens with one attached hydrogen (secondary N) is 1. The predicted molar refractivity (Wildman–Crippen MR) is 78.7 cm³/mol. The Balaban J connectivity index is 2.39. The molecule has 1 aliphatic heterocycles. The number of benzene rings is 1. The van der Waals surface area contributed by atoms with Crippen molar-refractivity contribution in [2.75, 3.05) is 25.0 Å². The van der Waals surface area contributed by atoms with Gasteiger partial charge >= 0.3 is 0 Å². The van der Waals surface area contributed by atoms with E-state index >= 15 is 0 Å². The fourth-order valence-electron chi connectivity index (χ4n) is 2.51. The van der Waals surface area contributed by atoms with Gasteiger partial charge in [-0.3, -0.25) is 9.59 Å². The Morgan fingerprint density at radius 1 is 1.37 bits per heavy atom. The number of fused-ring (bicyclic) bond motifs is 1. The lowest BCUT2D eigenvalue weighted by molar-refractivity contribution is -0.114. The minimum Gasteiger partial charge on any atom is -0.319 e. The van der Waals surface area contributed by atoms with E-state index in [-0.39, 0.29) is 5.92 Å². The summed E-state index contributed by atoms with van der Waals surface area (Å²) in [5.74, 6) is -0.536. The smallest absolute Gasteiger partial charge is 0.299 e. The minimum atomic E-state index is -0.417. The number of anilines is 1. The van der Waals surface area contributed by atoms with E-state index in [4.69, 9.17) is 0 Å². The zero-order valence-corrected chi connectivity index (χ0v) is 12.9. The van der Waals surface area contributed by atoms with Gasteiger partial charge in [-0.15, -0.1) is 0 Å². The molecule has 5 heteroatoms. The average Bonchev–Trinajstić information content (AvgIpc) is 2.55. The van der Waals surface area contributed by atoms with Crippen molar-refractivity contribution in [1.29, 1.82) is 0 Å². The second-order valence-corrected chi connectivity index (χ2v) is 5.94. The standard InChI is InChI=1S/C14H17BrN2O2/c1-8(6-16-3)7-17-12-9(2)4-10(15)5-11(12)13(18)14(17)19/h4-5,8,16H,6-7H2,1-3H3. The molecule has 2 rings (SSSR count). The van der Waals surface area contributed by atoms with Crippen molar-refractivity contribution >= 4 is 33.3 Å². The molecule has 0 fully saturated rings. The van der Waals surface area contributed by atoms with Gasteiger partial charge in [0.1, 0.15) is 0 Å². The molecular weight excluding hydrogens is 308 g/mol. The van der Waals surface area contributed by atoms with E-state index in [2.05, 4.69) is 28.2 Å². The molecule has 0 aromatic heterocycles. The summed E-state index contributed by atoms with van der Waals surface area (Å²) < 4.78 is 0.829. The van der Waals surface area contributed by atoms with Crippen molar-refractivity contribution in [3.63, 3.8) is 0 Å². The van der Waals surface area contributed by atoms with Crippen molar-refractivity contribution < 1.29 is 9.59 Å². The molecule has 1 aromatic carbocycles. The normalized spacial score (nSPS) is 15.9. The third-order valence-electron chi connectivity index (χ3n) is 3.27. The molecule has 1 unspecified atom stereocenters. The fraction of sp³-hybridized carbons (Fsp3) is 0.429. The van der Waals surface area contributed by atoms with E-state index in [9.17, 15) is 9.59 Å². The summed E-state index contributed by atoms with van der Waals surface area (Å²) in [6.07, 6.45) is 0. The highest BCUT2D eigenvalue weighted by atomic mass is 79.9. The molecule has 1 aromatic rings. The summed E-state index contributed by atoms with van der Waals surface area (Å²) in [6.45, 7) is 5.34. The first-order valence-electron chi connectivity index (χ1n) is 6.26. The van der Waals surface area contributed by atoms with Gasteiger partial charge in [0, 0.05) is 11.0 Å². The van der Waals surface area contributed by atoms with Crippen LogP contribution in [0.2, 0.25) is 0 Å². The Labute approximate surface area is 121 Å². The van der Waals surface area contributed by atoms with Gasteiger partial charge in [-0.1, -0.05) is 22.9 Å². The molecule has 1 N–H and O–H groups in total. The van der Waals surface area contributed by atoms with Crippen LogP contribution >= 0.6 is 15.9 Å². The molecule has 1 amide bonds. The van der Waals surface area contributed by atoms with Crippen molar-refractivity contribution in [1.82, 2.24) is 5.32 Å². The van der Waals surface area contributed by atoms with Crippen LogP contribution in [-0.4, -0.2) is 31.8 Å². The van der Waals surface area contributed by atoms with Crippen LogP contribution in [0.25, 0.3) is 0 Å². The number of carbonyl (C=O) groups is 2. The van der Waals surface area contributed by atoms with Crippen LogP contribution in [0.15, 0.2) is 16.6 Å². The molecule has 1 heterocycles. The minimum absolute atomic E-state index is 0.288. The molecule has 1 atom stereocenters. The highest BCUT2D eigenvalue weighted by Gasteiger charge is 2.37. The second kappa shape index (κ2) is 5.43. The first kappa shape index (κ1) is 14.2. The summed E-state index contributed by atoms with van der Waals surface area (Å²) in [6, 6.07) is 3.66.